The van der Waals surface area contributed by atoms with Crippen LogP contribution in [-0.2, 0) is 30.2 Å². The number of esters is 1. The van der Waals surface area contributed by atoms with Gasteiger partial charge in [-0.25, -0.2) is 4.79 Å². The van der Waals surface area contributed by atoms with E-state index in [1.807, 2.05) is 24.3 Å². The largest absolute Gasteiger partial charge is 0.497 e. The number of methoxy groups -OCH3 is 2. The number of carbonyl (C=O) groups is 1. The molecule has 0 amide bonds. The van der Waals surface area contributed by atoms with Gasteiger partial charge in [0.15, 0.2) is 5.60 Å². The van der Waals surface area contributed by atoms with Crippen LogP contribution in [0.1, 0.15) is 47.2 Å². The van der Waals surface area contributed by atoms with Crippen LogP contribution in [0.4, 0.5) is 0 Å². The highest BCUT2D eigenvalue weighted by Gasteiger charge is 2.47. The zero-order valence-corrected chi connectivity index (χ0v) is 29.7. The summed E-state index contributed by atoms with van der Waals surface area (Å²) in [5.74, 6) is 1.90. The van der Waals surface area contributed by atoms with E-state index in [1.54, 1.807) is 21.1 Å². The molecule has 5 aromatic carbocycles. The Labute approximate surface area is 299 Å². The topological polar surface area (TPSA) is 72.5 Å². The summed E-state index contributed by atoms with van der Waals surface area (Å²) in [5.41, 5.74) is 7.07. The van der Waals surface area contributed by atoms with Crippen molar-refractivity contribution in [3.05, 3.63) is 143 Å². The molecular formula is C44H42O7. The number of rotatable bonds is 12. The molecule has 260 valence electrons. The second-order valence-corrected chi connectivity index (χ2v) is 13.1. The van der Waals surface area contributed by atoms with Crippen molar-refractivity contribution in [2.24, 2.45) is 0 Å². The van der Waals surface area contributed by atoms with Gasteiger partial charge in [-0.1, -0.05) is 78.9 Å². The molecule has 2 aliphatic rings. The Kier molecular flexibility index (Phi) is 9.19. The predicted molar refractivity (Wildman–Crippen MR) is 200 cm³/mol. The van der Waals surface area contributed by atoms with Gasteiger partial charge in [0.1, 0.15) is 29.5 Å². The third kappa shape index (κ3) is 5.96. The Bertz CT molecular complexity index is 2100. The summed E-state index contributed by atoms with van der Waals surface area (Å²) in [7, 11) is 3.34. The normalized spacial score (nSPS) is 16.5. The smallest absolute Gasteiger partial charge is 0.333 e. The number of hydrogen-bond donors (Lipinski definition) is 0. The molecule has 1 unspecified atom stereocenters. The summed E-state index contributed by atoms with van der Waals surface area (Å²) in [6.07, 6.45) is 4.35. The first-order valence-corrected chi connectivity index (χ1v) is 17.1. The van der Waals surface area contributed by atoms with E-state index in [-0.39, 0.29) is 13.2 Å². The summed E-state index contributed by atoms with van der Waals surface area (Å²) in [4.78, 5) is 11.7. The number of aryl methyl sites for hydroxylation is 1. The lowest BCUT2D eigenvalue weighted by molar-refractivity contribution is -0.140. The van der Waals surface area contributed by atoms with Crippen molar-refractivity contribution in [3.8, 4) is 28.4 Å². The zero-order chi connectivity index (χ0) is 35.8. The first kappa shape index (κ1) is 34.1. The van der Waals surface area contributed by atoms with E-state index in [2.05, 4.69) is 99.3 Å². The van der Waals surface area contributed by atoms with Gasteiger partial charge in [-0.3, -0.25) is 0 Å². The lowest BCUT2D eigenvalue weighted by Gasteiger charge is -2.39. The van der Waals surface area contributed by atoms with E-state index in [4.69, 9.17) is 28.4 Å². The van der Waals surface area contributed by atoms with Crippen molar-refractivity contribution in [1.29, 1.82) is 0 Å². The van der Waals surface area contributed by atoms with Crippen molar-refractivity contribution < 1.29 is 33.2 Å². The quantitative estimate of drug-likeness (QED) is 0.0739. The molecule has 5 aromatic rings. The van der Waals surface area contributed by atoms with Crippen molar-refractivity contribution in [2.45, 2.75) is 32.0 Å². The number of carbonyl (C=O) groups excluding carboxylic acids is 1. The molecule has 1 aliphatic carbocycles. The van der Waals surface area contributed by atoms with Crippen molar-refractivity contribution >= 4 is 22.8 Å². The maximum atomic E-state index is 11.7. The van der Waals surface area contributed by atoms with E-state index in [0.717, 1.165) is 72.5 Å². The number of fused-ring (bicyclic) bond motifs is 8. The summed E-state index contributed by atoms with van der Waals surface area (Å²) < 4.78 is 36.3. The van der Waals surface area contributed by atoms with Crippen LogP contribution in [0.2, 0.25) is 0 Å². The second kappa shape index (κ2) is 13.7. The van der Waals surface area contributed by atoms with E-state index in [9.17, 15) is 4.79 Å². The highest BCUT2D eigenvalue weighted by molar-refractivity contribution is 6.08. The maximum absolute atomic E-state index is 11.7. The molecule has 1 heterocycles. The molecule has 0 N–H and O–H groups in total. The Morgan fingerprint density at radius 3 is 2.10 bits per heavy atom. The van der Waals surface area contributed by atoms with Crippen LogP contribution in [-0.4, -0.2) is 46.6 Å². The van der Waals surface area contributed by atoms with Crippen LogP contribution in [0, 0.1) is 6.92 Å². The molecule has 1 aliphatic heterocycles. The lowest BCUT2D eigenvalue weighted by Crippen LogP contribution is -2.35. The van der Waals surface area contributed by atoms with Crippen molar-refractivity contribution in [2.75, 3.05) is 40.6 Å². The van der Waals surface area contributed by atoms with Gasteiger partial charge < -0.3 is 28.4 Å². The monoisotopic (exact) mass is 682 g/mol. The molecule has 0 aromatic heterocycles. The minimum absolute atomic E-state index is 0.153. The van der Waals surface area contributed by atoms with Crippen LogP contribution < -0.4 is 14.2 Å². The summed E-state index contributed by atoms with van der Waals surface area (Å²) >= 11 is 0. The van der Waals surface area contributed by atoms with E-state index in [1.165, 1.54) is 0 Å². The van der Waals surface area contributed by atoms with Gasteiger partial charge in [0.25, 0.3) is 0 Å². The van der Waals surface area contributed by atoms with Crippen LogP contribution in [0.15, 0.2) is 109 Å². The fraction of sp³-hybridized carbons (Fsp3) is 0.250. The van der Waals surface area contributed by atoms with E-state index < -0.39 is 17.2 Å². The van der Waals surface area contributed by atoms with Crippen LogP contribution in [0.3, 0.4) is 0 Å². The molecule has 0 spiro atoms. The van der Waals surface area contributed by atoms with Crippen LogP contribution in [0.25, 0.3) is 28.0 Å². The molecule has 7 heteroatoms. The molecular weight excluding hydrogens is 640 g/mol. The summed E-state index contributed by atoms with van der Waals surface area (Å²) in [6, 6.07) is 31.1. The minimum atomic E-state index is -0.944. The molecule has 51 heavy (non-hydrogen) atoms. The zero-order valence-electron chi connectivity index (χ0n) is 29.7. The molecule has 7 rings (SSSR count). The lowest BCUT2D eigenvalue weighted by atomic mass is 9.80. The standard InChI is InChI=1S/C44H42O7/c1-28(2)42(45)49-25-23-48-24-26-50-43(4)38-10-8-7-9-35(38)39-34-20-11-29(3)27-37(34)41-36(40(39)43)21-22-44(51-41,30-12-16-32(46-5)17-13-30)31-14-18-33(47-6)19-15-31/h7-22,27H,1,23-26H2,2-6H3. The van der Waals surface area contributed by atoms with E-state index >= 15 is 0 Å². The fourth-order valence-electron chi connectivity index (χ4n) is 7.31. The SMILES string of the molecule is C=C(C)C(=O)OCCOCCOC1(C)c2ccccc2-c2c1c1c(c3cc(C)ccc23)OC(c2ccc(OC)cc2)(c2ccc(OC)cc2)C=C1. The predicted octanol–water partition coefficient (Wildman–Crippen LogP) is 8.91. The minimum Gasteiger partial charge on any atom is -0.497 e. The van der Waals surface area contributed by atoms with Gasteiger partial charge in [-0.2, -0.15) is 0 Å². The van der Waals surface area contributed by atoms with Crippen molar-refractivity contribution in [1.82, 2.24) is 0 Å². The number of hydrogen-bond acceptors (Lipinski definition) is 7. The second-order valence-electron chi connectivity index (χ2n) is 13.1. The van der Waals surface area contributed by atoms with Gasteiger partial charge in [-0.05, 0) is 79.3 Å². The highest BCUT2D eigenvalue weighted by atomic mass is 16.6. The van der Waals surface area contributed by atoms with Gasteiger partial charge in [0.2, 0.25) is 0 Å². The van der Waals surface area contributed by atoms with Crippen LogP contribution in [0.5, 0.6) is 17.2 Å². The Morgan fingerprint density at radius 2 is 1.45 bits per heavy atom. The number of ether oxygens (including phenoxy) is 6. The van der Waals surface area contributed by atoms with Crippen LogP contribution >= 0.6 is 0 Å². The Balaban J connectivity index is 1.34. The molecule has 0 bridgehead atoms. The molecule has 0 saturated heterocycles. The molecule has 0 saturated carbocycles. The molecule has 7 nitrogen and oxygen atoms in total. The summed E-state index contributed by atoms with van der Waals surface area (Å²) in [6.45, 7) is 10.6. The van der Waals surface area contributed by atoms with Gasteiger partial charge in [-0.15, -0.1) is 0 Å². The molecule has 0 fully saturated rings. The highest BCUT2D eigenvalue weighted by Crippen LogP contribution is 2.58. The summed E-state index contributed by atoms with van der Waals surface area (Å²) in [5, 5.41) is 2.13. The van der Waals surface area contributed by atoms with E-state index in [0.29, 0.717) is 18.8 Å². The number of benzene rings is 5. The first-order valence-electron chi connectivity index (χ1n) is 17.1. The average molecular weight is 683 g/mol. The molecule has 1 atom stereocenters. The third-order valence-corrected chi connectivity index (χ3v) is 9.85. The Morgan fingerprint density at radius 1 is 0.804 bits per heavy atom. The Hall–Kier alpha value is -5.37. The van der Waals surface area contributed by atoms with Crippen molar-refractivity contribution in [3.63, 3.8) is 0 Å². The van der Waals surface area contributed by atoms with Gasteiger partial charge >= 0.3 is 5.97 Å². The fourth-order valence-corrected chi connectivity index (χ4v) is 7.31. The molecule has 0 radical (unpaired) electrons. The third-order valence-electron chi connectivity index (χ3n) is 9.85. The maximum Gasteiger partial charge on any atom is 0.333 e. The van der Waals surface area contributed by atoms with Gasteiger partial charge in [0, 0.05) is 33.2 Å². The van der Waals surface area contributed by atoms with Gasteiger partial charge in [0.05, 0.1) is 34.0 Å². The average Bonchev–Trinajstić information content (AvgIpc) is 3.42. The first-order chi connectivity index (χ1) is 24.7.